The van der Waals surface area contributed by atoms with Crippen LogP contribution in [0.4, 0.5) is 0 Å². The van der Waals surface area contributed by atoms with Gasteiger partial charge in [-0.1, -0.05) is 32.0 Å². The van der Waals surface area contributed by atoms with Crippen LogP contribution in [-0.4, -0.2) is 9.78 Å². The van der Waals surface area contributed by atoms with E-state index in [0.717, 1.165) is 16.9 Å². The summed E-state index contributed by atoms with van der Waals surface area (Å²) in [5.74, 6) is 0.443. The van der Waals surface area contributed by atoms with E-state index in [1.54, 1.807) is 0 Å². The molecule has 0 aliphatic heterocycles. The highest BCUT2D eigenvalue weighted by Gasteiger charge is 2.10. The second-order valence-electron chi connectivity index (χ2n) is 4.69. The number of rotatable bonds is 3. The van der Waals surface area contributed by atoms with Gasteiger partial charge in [-0.25, -0.2) is 4.68 Å². The van der Waals surface area contributed by atoms with Crippen molar-refractivity contribution in [3.63, 3.8) is 0 Å². The third-order valence-corrected chi connectivity index (χ3v) is 2.88. The molecule has 0 bridgehead atoms. The highest BCUT2D eigenvalue weighted by Crippen LogP contribution is 2.20. The molecule has 1 aromatic carbocycles. The lowest BCUT2D eigenvalue weighted by molar-refractivity contribution is 0.746. The monoisotopic (exact) mass is 229 g/mol. The number of hydrogen-bond donors (Lipinski definition) is 1. The van der Waals surface area contributed by atoms with Crippen molar-refractivity contribution in [1.82, 2.24) is 9.78 Å². The molecule has 3 heteroatoms. The molecule has 0 fully saturated rings. The molecule has 0 saturated heterocycles. The molecule has 0 spiro atoms. The summed E-state index contributed by atoms with van der Waals surface area (Å²) in [6.45, 7) is 6.28. The summed E-state index contributed by atoms with van der Waals surface area (Å²) in [4.78, 5) is 0. The van der Waals surface area contributed by atoms with Gasteiger partial charge in [0.25, 0.3) is 0 Å². The number of nitrogens with zero attached hydrogens (tertiary/aromatic N) is 2. The van der Waals surface area contributed by atoms with Crippen molar-refractivity contribution in [2.24, 2.45) is 5.73 Å². The van der Waals surface area contributed by atoms with Gasteiger partial charge in [0, 0.05) is 12.2 Å². The van der Waals surface area contributed by atoms with Gasteiger partial charge in [-0.05, 0) is 30.5 Å². The van der Waals surface area contributed by atoms with Crippen molar-refractivity contribution < 1.29 is 0 Å². The van der Waals surface area contributed by atoms with E-state index in [4.69, 9.17) is 5.73 Å². The minimum Gasteiger partial charge on any atom is -0.324 e. The minimum atomic E-state index is 0.0119. The van der Waals surface area contributed by atoms with Crippen LogP contribution in [-0.2, 0) is 0 Å². The molecule has 2 aromatic rings. The lowest BCUT2D eigenvalue weighted by Crippen LogP contribution is -2.10. The molecular formula is C14H19N3. The Morgan fingerprint density at radius 3 is 2.41 bits per heavy atom. The Hall–Kier alpha value is -1.61. The molecule has 0 saturated carbocycles. The first-order chi connectivity index (χ1) is 8.09. The van der Waals surface area contributed by atoms with E-state index in [2.05, 4.69) is 37.1 Å². The summed E-state index contributed by atoms with van der Waals surface area (Å²) in [5.41, 5.74) is 9.26. The summed E-state index contributed by atoms with van der Waals surface area (Å²) in [5, 5.41) is 4.58. The molecule has 2 N–H and O–H groups in total. The largest absolute Gasteiger partial charge is 0.324 e. The van der Waals surface area contributed by atoms with Gasteiger partial charge in [0.05, 0.1) is 11.4 Å². The Balaban J connectivity index is 2.45. The molecule has 0 radical (unpaired) electrons. The number of aromatic nitrogens is 2. The van der Waals surface area contributed by atoms with Crippen LogP contribution < -0.4 is 5.73 Å². The molecule has 17 heavy (non-hydrogen) atoms. The highest BCUT2D eigenvalue weighted by atomic mass is 15.3. The van der Waals surface area contributed by atoms with Gasteiger partial charge < -0.3 is 5.73 Å². The summed E-state index contributed by atoms with van der Waals surface area (Å²) in [7, 11) is 0. The first-order valence-corrected chi connectivity index (χ1v) is 6.00. The maximum atomic E-state index is 5.98. The van der Waals surface area contributed by atoms with Crippen molar-refractivity contribution in [3.8, 4) is 5.69 Å². The van der Waals surface area contributed by atoms with Crippen molar-refractivity contribution in [2.75, 3.05) is 0 Å². The number of nitrogens with two attached hydrogens (primary N) is 1. The van der Waals surface area contributed by atoms with E-state index in [-0.39, 0.29) is 6.04 Å². The van der Waals surface area contributed by atoms with Crippen molar-refractivity contribution in [1.29, 1.82) is 0 Å². The molecule has 1 heterocycles. The van der Waals surface area contributed by atoms with Crippen LogP contribution in [0.25, 0.3) is 5.69 Å². The molecule has 1 atom stereocenters. The van der Waals surface area contributed by atoms with Gasteiger partial charge in [-0.2, -0.15) is 5.10 Å². The normalized spacial score (nSPS) is 13.0. The number of para-hydroxylation sites is 1. The summed E-state index contributed by atoms with van der Waals surface area (Å²) in [6, 6.07) is 10.2. The first-order valence-electron chi connectivity index (χ1n) is 6.00. The average Bonchev–Trinajstić information content (AvgIpc) is 2.78. The molecule has 0 aliphatic carbocycles. The lowest BCUT2D eigenvalue weighted by Gasteiger charge is -2.12. The summed E-state index contributed by atoms with van der Waals surface area (Å²) >= 11 is 0. The predicted molar refractivity (Wildman–Crippen MR) is 70.3 cm³/mol. The molecule has 0 unspecified atom stereocenters. The minimum absolute atomic E-state index is 0.0119. The van der Waals surface area contributed by atoms with E-state index in [9.17, 15) is 0 Å². The summed E-state index contributed by atoms with van der Waals surface area (Å²) in [6.07, 6.45) is 2.00. The molecule has 90 valence electrons. The van der Waals surface area contributed by atoms with Crippen LogP contribution in [0, 0.1) is 0 Å². The van der Waals surface area contributed by atoms with Crippen LogP contribution in [0.1, 0.15) is 44.0 Å². The molecule has 0 amide bonds. The Bertz CT molecular complexity index is 498. The van der Waals surface area contributed by atoms with Gasteiger partial charge in [0.2, 0.25) is 0 Å². The molecule has 2 rings (SSSR count). The standard InChI is InChI=1S/C14H19N3/c1-10(2)13-8-9-17(16-13)14-7-5-4-6-12(14)11(3)15/h4-11H,15H2,1-3H3/t11-/m0/s1. The van der Waals surface area contributed by atoms with Crippen molar-refractivity contribution in [3.05, 3.63) is 47.8 Å². The van der Waals surface area contributed by atoms with Gasteiger partial charge in [0.1, 0.15) is 0 Å². The van der Waals surface area contributed by atoms with E-state index >= 15 is 0 Å². The zero-order chi connectivity index (χ0) is 12.4. The third kappa shape index (κ3) is 2.39. The second-order valence-corrected chi connectivity index (χ2v) is 4.69. The Morgan fingerprint density at radius 2 is 1.82 bits per heavy atom. The number of benzene rings is 1. The fraction of sp³-hybridized carbons (Fsp3) is 0.357. The molecule has 3 nitrogen and oxygen atoms in total. The van der Waals surface area contributed by atoms with E-state index in [1.165, 1.54) is 0 Å². The maximum absolute atomic E-state index is 5.98. The van der Waals surface area contributed by atoms with Crippen LogP contribution in [0.5, 0.6) is 0 Å². The molecule has 1 aromatic heterocycles. The van der Waals surface area contributed by atoms with Gasteiger partial charge in [-0.3, -0.25) is 0 Å². The summed E-state index contributed by atoms with van der Waals surface area (Å²) < 4.78 is 1.91. The first kappa shape index (κ1) is 11.9. The fourth-order valence-corrected chi connectivity index (χ4v) is 1.86. The molecule has 0 aliphatic rings. The maximum Gasteiger partial charge on any atom is 0.0693 e. The Morgan fingerprint density at radius 1 is 1.12 bits per heavy atom. The van der Waals surface area contributed by atoms with Gasteiger partial charge in [0.15, 0.2) is 0 Å². The van der Waals surface area contributed by atoms with Crippen molar-refractivity contribution in [2.45, 2.75) is 32.7 Å². The zero-order valence-corrected chi connectivity index (χ0v) is 10.6. The van der Waals surface area contributed by atoms with E-state index in [0.29, 0.717) is 5.92 Å². The van der Waals surface area contributed by atoms with Crippen LogP contribution in [0.2, 0.25) is 0 Å². The quantitative estimate of drug-likeness (QED) is 0.879. The number of hydrogen-bond acceptors (Lipinski definition) is 2. The second kappa shape index (κ2) is 4.72. The average molecular weight is 229 g/mol. The van der Waals surface area contributed by atoms with Crippen LogP contribution in [0.15, 0.2) is 36.5 Å². The van der Waals surface area contributed by atoms with Crippen LogP contribution >= 0.6 is 0 Å². The topological polar surface area (TPSA) is 43.8 Å². The predicted octanol–water partition coefficient (Wildman–Crippen LogP) is 3.02. The van der Waals surface area contributed by atoms with Crippen molar-refractivity contribution >= 4 is 0 Å². The fourth-order valence-electron chi connectivity index (χ4n) is 1.86. The van der Waals surface area contributed by atoms with Gasteiger partial charge in [-0.15, -0.1) is 0 Å². The van der Waals surface area contributed by atoms with Gasteiger partial charge >= 0.3 is 0 Å². The Kier molecular flexibility index (Phi) is 3.29. The van der Waals surface area contributed by atoms with E-state index in [1.807, 2.05) is 29.9 Å². The Labute approximate surface area is 102 Å². The van der Waals surface area contributed by atoms with Crippen LogP contribution in [0.3, 0.4) is 0 Å². The zero-order valence-electron chi connectivity index (χ0n) is 10.6. The lowest BCUT2D eigenvalue weighted by atomic mass is 10.1. The smallest absolute Gasteiger partial charge is 0.0693 e. The molecular weight excluding hydrogens is 210 g/mol. The third-order valence-electron chi connectivity index (χ3n) is 2.88. The van der Waals surface area contributed by atoms with E-state index < -0.39 is 0 Å². The SMILES string of the molecule is CC(C)c1ccn(-c2ccccc2[C@H](C)N)n1. The highest BCUT2D eigenvalue weighted by molar-refractivity contribution is 5.42.